The number of carbonyl (C=O) groups excluding carboxylic acids is 1. The number of oxime groups is 1. The average Bonchev–Trinajstić information content (AvgIpc) is 2.46. The zero-order chi connectivity index (χ0) is 13.9. The van der Waals surface area contributed by atoms with Crippen molar-refractivity contribution in [1.82, 2.24) is 0 Å². The molecule has 0 aliphatic heterocycles. The normalized spacial score (nSPS) is 11.2. The first-order valence-corrected chi connectivity index (χ1v) is 6.37. The zero-order valence-electron chi connectivity index (χ0n) is 11.0. The van der Waals surface area contributed by atoms with E-state index >= 15 is 0 Å². The molecule has 0 unspecified atom stereocenters. The van der Waals surface area contributed by atoms with Gasteiger partial charge in [0.1, 0.15) is 0 Å². The largest absolute Gasteiger partial charge is 0.331 e. The molecule has 0 aromatic heterocycles. The molecule has 3 rings (SSSR count). The highest BCUT2D eigenvalue weighted by atomic mass is 16.7. The lowest BCUT2D eigenvalue weighted by Crippen LogP contribution is -1.93. The minimum Gasteiger partial charge on any atom is -0.319 e. The van der Waals surface area contributed by atoms with Gasteiger partial charge in [-0.3, -0.25) is 0 Å². The molecule has 20 heavy (non-hydrogen) atoms. The molecule has 0 N–H and O–H groups in total. The Labute approximate surface area is 116 Å². The molecule has 3 aromatic rings. The van der Waals surface area contributed by atoms with Crippen molar-refractivity contribution in [2.24, 2.45) is 5.16 Å². The van der Waals surface area contributed by atoms with Gasteiger partial charge in [-0.25, -0.2) is 4.79 Å². The Kier molecular flexibility index (Phi) is 3.17. The van der Waals surface area contributed by atoms with Crippen LogP contribution in [0.25, 0.3) is 21.5 Å². The highest BCUT2D eigenvalue weighted by Gasteiger charge is 2.05. The SMILES string of the molecule is CC(=O)O/N=C/c1c2ccccc2cc2ccccc12. The van der Waals surface area contributed by atoms with Crippen LogP contribution < -0.4 is 0 Å². The molecule has 0 fully saturated rings. The van der Waals surface area contributed by atoms with Gasteiger partial charge in [0.2, 0.25) is 0 Å². The zero-order valence-corrected chi connectivity index (χ0v) is 11.0. The van der Waals surface area contributed by atoms with Crippen LogP contribution in [0.5, 0.6) is 0 Å². The smallest absolute Gasteiger partial charge is 0.319 e. The van der Waals surface area contributed by atoms with E-state index in [0.29, 0.717) is 0 Å². The summed E-state index contributed by atoms with van der Waals surface area (Å²) in [5, 5.41) is 8.21. The van der Waals surface area contributed by atoms with Gasteiger partial charge in [0.05, 0.1) is 6.21 Å². The number of hydrogen-bond acceptors (Lipinski definition) is 3. The summed E-state index contributed by atoms with van der Waals surface area (Å²) in [5.41, 5.74) is 0.958. The van der Waals surface area contributed by atoms with Crippen LogP contribution in [0.15, 0.2) is 59.8 Å². The van der Waals surface area contributed by atoms with E-state index in [4.69, 9.17) is 0 Å². The molecular weight excluding hydrogens is 250 g/mol. The lowest BCUT2D eigenvalue weighted by Gasteiger charge is -2.07. The van der Waals surface area contributed by atoms with Crippen molar-refractivity contribution >= 4 is 33.7 Å². The number of rotatable bonds is 2. The number of fused-ring (bicyclic) bond motifs is 2. The Morgan fingerprint density at radius 1 is 1.00 bits per heavy atom. The quantitative estimate of drug-likeness (QED) is 0.304. The van der Waals surface area contributed by atoms with Gasteiger partial charge < -0.3 is 4.84 Å². The average molecular weight is 263 g/mol. The van der Waals surface area contributed by atoms with Gasteiger partial charge >= 0.3 is 5.97 Å². The summed E-state index contributed by atoms with van der Waals surface area (Å²) in [6.45, 7) is 1.33. The summed E-state index contributed by atoms with van der Waals surface area (Å²) < 4.78 is 0. The standard InChI is InChI=1S/C17H13NO2/c1-12(19)20-18-11-17-15-8-4-2-6-13(15)10-14-7-3-5-9-16(14)17/h2-11H,1H3/b18-11+. The van der Waals surface area contributed by atoms with E-state index in [2.05, 4.69) is 28.2 Å². The van der Waals surface area contributed by atoms with E-state index in [0.717, 1.165) is 27.1 Å². The maximum absolute atomic E-state index is 10.8. The van der Waals surface area contributed by atoms with Crippen molar-refractivity contribution in [2.75, 3.05) is 0 Å². The van der Waals surface area contributed by atoms with Gasteiger partial charge in [0, 0.05) is 12.5 Å². The summed E-state index contributed by atoms with van der Waals surface area (Å²) in [4.78, 5) is 15.5. The van der Waals surface area contributed by atoms with Gasteiger partial charge in [0.15, 0.2) is 0 Å². The van der Waals surface area contributed by atoms with E-state index in [1.165, 1.54) is 6.92 Å². The van der Waals surface area contributed by atoms with Crippen LogP contribution in [0.1, 0.15) is 12.5 Å². The van der Waals surface area contributed by atoms with Crippen LogP contribution in [-0.2, 0) is 9.63 Å². The van der Waals surface area contributed by atoms with Crippen LogP contribution in [0.4, 0.5) is 0 Å². The first-order chi connectivity index (χ1) is 9.75. The van der Waals surface area contributed by atoms with E-state index in [9.17, 15) is 4.79 Å². The lowest BCUT2D eigenvalue weighted by atomic mass is 9.97. The molecule has 0 atom stereocenters. The van der Waals surface area contributed by atoms with Gasteiger partial charge in [-0.1, -0.05) is 53.7 Å². The van der Waals surface area contributed by atoms with Crippen molar-refractivity contribution in [3.8, 4) is 0 Å². The van der Waals surface area contributed by atoms with Gasteiger partial charge in [-0.2, -0.15) is 0 Å². The summed E-state index contributed by atoms with van der Waals surface area (Å²) in [6, 6.07) is 18.3. The van der Waals surface area contributed by atoms with Crippen LogP contribution in [0, 0.1) is 0 Å². The molecule has 0 spiro atoms. The van der Waals surface area contributed by atoms with E-state index in [1.807, 2.05) is 36.4 Å². The Morgan fingerprint density at radius 3 is 2.10 bits per heavy atom. The summed E-state index contributed by atoms with van der Waals surface area (Å²) in [6.07, 6.45) is 1.60. The molecule has 0 saturated carbocycles. The highest BCUT2D eigenvalue weighted by molar-refractivity contribution is 6.13. The van der Waals surface area contributed by atoms with Crippen LogP contribution in [-0.4, -0.2) is 12.2 Å². The highest BCUT2D eigenvalue weighted by Crippen LogP contribution is 2.27. The molecule has 3 heteroatoms. The Morgan fingerprint density at radius 2 is 1.55 bits per heavy atom. The predicted molar refractivity (Wildman–Crippen MR) is 80.8 cm³/mol. The third-order valence-electron chi connectivity index (χ3n) is 3.18. The molecule has 98 valence electrons. The fraction of sp³-hybridized carbons (Fsp3) is 0.0588. The molecular formula is C17H13NO2. The van der Waals surface area contributed by atoms with E-state index in [1.54, 1.807) is 6.21 Å². The maximum atomic E-state index is 10.8. The number of benzene rings is 3. The molecule has 3 nitrogen and oxygen atoms in total. The first-order valence-electron chi connectivity index (χ1n) is 6.37. The van der Waals surface area contributed by atoms with Crippen molar-refractivity contribution in [1.29, 1.82) is 0 Å². The fourth-order valence-corrected chi connectivity index (χ4v) is 2.34. The summed E-state index contributed by atoms with van der Waals surface area (Å²) in [7, 11) is 0. The van der Waals surface area contributed by atoms with Gasteiger partial charge in [0.25, 0.3) is 0 Å². The predicted octanol–water partition coefficient (Wildman–Crippen LogP) is 3.89. The maximum Gasteiger partial charge on any atom is 0.331 e. The van der Waals surface area contributed by atoms with Crippen molar-refractivity contribution in [3.05, 3.63) is 60.2 Å². The Bertz CT molecular complexity index is 767. The third-order valence-corrected chi connectivity index (χ3v) is 3.18. The Hall–Kier alpha value is -2.68. The second-order valence-electron chi connectivity index (χ2n) is 4.55. The van der Waals surface area contributed by atoms with Crippen molar-refractivity contribution in [2.45, 2.75) is 6.92 Å². The van der Waals surface area contributed by atoms with Crippen LogP contribution >= 0.6 is 0 Å². The molecule has 0 bridgehead atoms. The molecule has 3 aromatic carbocycles. The second kappa shape index (κ2) is 5.13. The number of nitrogens with zero attached hydrogens (tertiary/aromatic N) is 1. The molecule has 0 aliphatic carbocycles. The van der Waals surface area contributed by atoms with Crippen LogP contribution in [0.3, 0.4) is 0 Å². The minimum absolute atomic E-state index is 0.425. The first kappa shape index (κ1) is 12.4. The summed E-state index contributed by atoms with van der Waals surface area (Å²) in [5.74, 6) is -0.425. The molecule has 0 heterocycles. The fourth-order valence-electron chi connectivity index (χ4n) is 2.34. The number of hydrogen-bond donors (Lipinski definition) is 0. The third kappa shape index (κ3) is 2.26. The molecule has 0 amide bonds. The minimum atomic E-state index is -0.425. The molecule has 0 radical (unpaired) electrons. The summed E-state index contributed by atoms with van der Waals surface area (Å²) >= 11 is 0. The van der Waals surface area contributed by atoms with E-state index in [-0.39, 0.29) is 0 Å². The molecule has 0 saturated heterocycles. The lowest BCUT2D eigenvalue weighted by molar-refractivity contribution is -0.140. The van der Waals surface area contributed by atoms with Crippen molar-refractivity contribution in [3.63, 3.8) is 0 Å². The van der Waals surface area contributed by atoms with Gasteiger partial charge in [-0.15, -0.1) is 0 Å². The molecule has 0 aliphatic rings. The van der Waals surface area contributed by atoms with Crippen LogP contribution in [0.2, 0.25) is 0 Å². The van der Waals surface area contributed by atoms with Crippen molar-refractivity contribution < 1.29 is 9.63 Å². The monoisotopic (exact) mass is 263 g/mol. The second-order valence-corrected chi connectivity index (χ2v) is 4.55. The van der Waals surface area contributed by atoms with Gasteiger partial charge in [-0.05, 0) is 27.6 Å². The van der Waals surface area contributed by atoms with E-state index < -0.39 is 5.97 Å². The Balaban J connectivity index is 2.27. The number of carbonyl (C=O) groups is 1. The topological polar surface area (TPSA) is 38.7 Å².